The van der Waals surface area contributed by atoms with Gasteiger partial charge >= 0.3 is 5.97 Å². The zero-order chi connectivity index (χ0) is 11.6. The molecule has 0 aliphatic carbocycles. The molecule has 0 fully saturated rings. The maximum atomic E-state index is 12.5. The molecule has 82 valence electrons. The molecule has 0 aromatic carbocycles. The molecule has 0 saturated carbocycles. The van der Waals surface area contributed by atoms with E-state index < -0.39 is 23.5 Å². The normalized spacial score (nSPS) is 10.7. The van der Waals surface area contributed by atoms with Gasteiger partial charge in [-0.05, 0) is 6.07 Å². The van der Waals surface area contributed by atoms with Crippen molar-refractivity contribution in [2.45, 2.75) is 11.8 Å². The van der Waals surface area contributed by atoms with Gasteiger partial charge in [-0.25, -0.2) is 18.6 Å². The summed E-state index contributed by atoms with van der Waals surface area (Å²) in [6.45, 7) is 0. The molecule has 3 nitrogen and oxygen atoms in total. The van der Waals surface area contributed by atoms with E-state index in [1.807, 2.05) is 0 Å². The largest absolute Gasteiger partial charge is 0.478 e. The van der Waals surface area contributed by atoms with E-state index in [9.17, 15) is 13.6 Å². The predicted octanol–water partition coefficient (Wildman–Crippen LogP) is 3.27. The van der Waals surface area contributed by atoms with Gasteiger partial charge in [-0.3, -0.25) is 0 Å². The lowest BCUT2D eigenvalue weighted by atomic mass is 10.1. The van der Waals surface area contributed by atoms with Crippen molar-refractivity contribution in [1.29, 1.82) is 0 Å². The van der Waals surface area contributed by atoms with Crippen LogP contribution in [0, 0.1) is 0 Å². The van der Waals surface area contributed by atoms with Gasteiger partial charge in [0.1, 0.15) is 5.15 Å². The second-order valence-electron chi connectivity index (χ2n) is 2.60. The van der Waals surface area contributed by atoms with Gasteiger partial charge in [-0.15, -0.1) is 0 Å². The molecule has 0 amide bonds. The first-order valence-electron chi connectivity index (χ1n) is 3.74. The highest BCUT2D eigenvalue weighted by molar-refractivity contribution is 9.08. The molecule has 1 aromatic rings. The number of aromatic nitrogens is 1. The SMILES string of the molecule is O=C(O)c1cc(C(F)F)c(CBr)nc1Cl. The van der Waals surface area contributed by atoms with Crippen LogP contribution >= 0.6 is 27.5 Å². The van der Waals surface area contributed by atoms with Crippen molar-refractivity contribution in [3.63, 3.8) is 0 Å². The van der Waals surface area contributed by atoms with Crippen LogP contribution in [-0.2, 0) is 5.33 Å². The van der Waals surface area contributed by atoms with Crippen LogP contribution in [0.3, 0.4) is 0 Å². The van der Waals surface area contributed by atoms with Gasteiger partial charge in [-0.1, -0.05) is 27.5 Å². The minimum absolute atomic E-state index is 0.0417. The van der Waals surface area contributed by atoms with E-state index in [-0.39, 0.29) is 16.2 Å². The molecule has 15 heavy (non-hydrogen) atoms. The van der Waals surface area contributed by atoms with Crippen LogP contribution in [0.2, 0.25) is 5.15 Å². The number of aromatic carboxylic acids is 1. The van der Waals surface area contributed by atoms with Crippen molar-refractivity contribution in [3.05, 3.63) is 28.0 Å². The summed E-state index contributed by atoms with van der Waals surface area (Å²) in [6.07, 6.45) is -2.78. The monoisotopic (exact) mass is 299 g/mol. The molecule has 1 aromatic heterocycles. The zero-order valence-electron chi connectivity index (χ0n) is 7.18. The number of halogens is 4. The standard InChI is InChI=1S/C8H5BrClF2NO2/c9-2-5-3(7(11)12)1-4(8(14)15)6(10)13-5/h1,7H,2H2,(H,14,15). The average molecular weight is 300 g/mol. The molecule has 0 spiro atoms. The van der Waals surface area contributed by atoms with E-state index in [1.165, 1.54) is 0 Å². The summed E-state index contributed by atoms with van der Waals surface area (Å²) in [4.78, 5) is 14.2. The maximum Gasteiger partial charge on any atom is 0.338 e. The topological polar surface area (TPSA) is 50.2 Å². The molecule has 7 heteroatoms. The third-order valence-electron chi connectivity index (χ3n) is 1.68. The Morgan fingerprint density at radius 3 is 2.67 bits per heavy atom. The van der Waals surface area contributed by atoms with Crippen LogP contribution in [0.5, 0.6) is 0 Å². The Balaban J connectivity index is 3.37. The molecular weight excluding hydrogens is 295 g/mol. The van der Waals surface area contributed by atoms with E-state index in [0.29, 0.717) is 0 Å². The number of pyridine rings is 1. The molecule has 1 rings (SSSR count). The zero-order valence-corrected chi connectivity index (χ0v) is 9.52. The summed E-state index contributed by atoms with van der Waals surface area (Å²) >= 11 is 8.49. The first-order chi connectivity index (χ1) is 6.97. The van der Waals surface area contributed by atoms with Crippen molar-refractivity contribution in [1.82, 2.24) is 4.98 Å². The first-order valence-corrected chi connectivity index (χ1v) is 5.24. The molecule has 0 aliphatic rings. The van der Waals surface area contributed by atoms with Crippen LogP contribution < -0.4 is 0 Å². The molecule has 0 atom stereocenters. The molecule has 1 heterocycles. The summed E-state index contributed by atoms with van der Waals surface area (Å²) in [5.74, 6) is -1.38. The highest BCUT2D eigenvalue weighted by atomic mass is 79.9. The van der Waals surface area contributed by atoms with Gasteiger partial charge in [0.2, 0.25) is 0 Å². The lowest BCUT2D eigenvalue weighted by molar-refractivity contribution is 0.0696. The number of hydrogen-bond donors (Lipinski definition) is 1. The van der Waals surface area contributed by atoms with E-state index in [4.69, 9.17) is 16.7 Å². The average Bonchev–Trinajstić information content (AvgIpc) is 2.16. The Bertz CT molecular complexity index is 400. The van der Waals surface area contributed by atoms with Crippen LogP contribution in [0.15, 0.2) is 6.07 Å². The van der Waals surface area contributed by atoms with Gasteiger partial charge < -0.3 is 5.11 Å². The molecule has 0 saturated heterocycles. The number of rotatable bonds is 3. The van der Waals surface area contributed by atoms with Gasteiger partial charge in [-0.2, -0.15) is 0 Å². The number of carboxylic acid groups (broad SMARTS) is 1. The van der Waals surface area contributed by atoms with Crippen LogP contribution in [0.1, 0.15) is 28.0 Å². The molecule has 1 N–H and O–H groups in total. The van der Waals surface area contributed by atoms with Gasteiger partial charge in [0.05, 0.1) is 11.3 Å². The van der Waals surface area contributed by atoms with E-state index in [1.54, 1.807) is 0 Å². The van der Waals surface area contributed by atoms with Crippen molar-refractivity contribution in [2.24, 2.45) is 0 Å². The Hall–Kier alpha value is -0.750. The number of carboxylic acids is 1. The number of nitrogens with zero attached hydrogens (tertiary/aromatic N) is 1. The molecule has 0 aliphatic heterocycles. The highest BCUT2D eigenvalue weighted by Crippen LogP contribution is 2.27. The smallest absolute Gasteiger partial charge is 0.338 e. The van der Waals surface area contributed by atoms with E-state index in [0.717, 1.165) is 6.07 Å². The fraction of sp³-hybridized carbons (Fsp3) is 0.250. The Morgan fingerprint density at radius 2 is 2.27 bits per heavy atom. The van der Waals surface area contributed by atoms with Crippen molar-refractivity contribution in [2.75, 3.05) is 0 Å². The Kier molecular flexibility index (Phi) is 3.98. The predicted molar refractivity (Wildman–Crippen MR) is 53.8 cm³/mol. The summed E-state index contributed by atoms with van der Waals surface area (Å²) in [5, 5.41) is 8.45. The fourth-order valence-electron chi connectivity index (χ4n) is 0.988. The van der Waals surface area contributed by atoms with Crippen LogP contribution in [0.25, 0.3) is 0 Å². The van der Waals surface area contributed by atoms with Gasteiger partial charge in [0, 0.05) is 10.9 Å². The second kappa shape index (κ2) is 4.85. The maximum absolute atomic E-state index is 12.5. The Morgan fingerprint density at radius 1 is 1.67 bits per heavy atom. The Labute approximate surface area is 97.2 Å². The minimum Gasteiger partial charge on any atom is -0.478 e. The number of hydrogen-bond acceptors (Lipinski definition) is 2. The van der Waals surface area contributed by atoms with Crippen molar-refractivity contribution < 1.29 is 18.7 Å². The lowest BCUT2D eigenvalue weighted by Gasteiger charge is -2.07. The molecule has 0 radical (unpaired) electrons. The van der Waals surface area contributed by atoms with Gasteiger partial charge in [0.25, 0.3) is 6.43 Å². The summed E-state index contributed by atoms with van der Waals surface area (Å²) in [5.41, 5.74) is -0.801. The van der Waals surface area contributed by atoms with Crippen molar-refractivity contribution >= 4 is 33.5 Å². The minimum atomic E-state index is -2.78. The second-order valence-corrected chi connectivity index (χ2v) is 3.52. The van der Waals surface area contributed by atoms with Gasteiger partial charge in [0.15, 0.2) is 0 Å². The molecule has 0 bridgehead atoms. The quantitative estimate of drug-likeness (QED) is 0.688. The lowest BCUT2D eigenvalue weighted by Crippen LogP contribution is -2.05. The van der Waals surface area contributed by atoms with E-state index in [2.05, 4.69) is 20.9 Å². The molecule has 0 unspecified atom stereocenters. The summed E-state index contributed by atoms with van der Waals surface area (Å²) in [6, 6.07) is 0.846. The van der Waals surface area contributed by atoms with Crippen LogP contribution in [0.4, 0.5) is 8.78 Å². The third kappa shape index (κ3) is 2.63. The number of alkyl halides is 3. The fourth-order valence-corrected chi connectivity index (χ4v) is 1.67. The number of carbonyl (C=O) groups is 1. The summed E-state index contributed by atoms with van der Waals surface area (Å²) in [7, 11) is 0. The molecular formula is C8H5BrClF2NO2. The first kappa shape index (κ1) is 12.3. The van der Waals surface area contributed by atoms with E-state index >= 15 is 0 Å². The highest BCUT2D eigenvalue weighted by Gasteiger charge is 2.19. The van der Waals surface area contributed by atoms with Crippen molar-refractivity contribution in [3.8, 4) is 0 Å². The summed E-state index contributed by atoms with van der Waals surface area (Å²) < 4.78 is 25.0. The third-order valence-corrected chi connectivity index (χ3v) is 2.50. The van der Waals surface area contributed by atoms with Crippen LogP contribution in [-0.4, -0.2) is 16.1 Å².